The van der Waals surface area contributed by atoms with Crippen LogP contribution in [-0.4, -0.2) is 20.7 Å². The summed E-state index contributed by atoms with van der Waals surface area (Å²) in [6.07, 6.45) is -4.81. The lowest BCUT2D eigenvalue weighted by atomic mass is 10.1. The lowest BCUT2D eigenvalue weighted by Gasteiger charge is -2.11. The third kappa shape index (κ3) is 5.96. The normalized spacial score (nSPS) is 11.8. The number of carbonyl (C=O) groups is 1. The summed E-state index contributed by atoms with van der Waals surface area (Å²) in [6, 6.07) is 9.76. The van der Waals surface area contributed by atoms with Gasteiger partial charge in [-0.2, -0.15) is 0 Å². The Kier molecular flexibility index (Phi) is 5.76. The standard InChI is InChI=1S/C16H14F3NO5S/c17-16(18,19)25-13-6-4-12(5-7-13)20-26(23,24)14-8-1-11(2-9-14)3-10-15(21)22/h1-2,4-9,20H,3,10H2,(H,21,22)/p-1. The summed E-state index contributed by atoms with van der Waals surface area (Å²) in [5.41, 5.74) is 0.683. The first kappa shape index (κ1) is 19.6. The van der Waals surface area contributed by atoms with Crippen LogP contribution in [0.3, 0.4) is 0 Å². The number of sulfonamides is 1. The van der Waals surface area contributed by atoms with Crippen molar-refractivity contribution in [2.45, 2.75) is 24.1 Å². The van der Waals surface area contributed by atoms with Gasteiger partial charge in [0.05, 0.1) is 4.90 Å². The predicted molar refractivity (Wildman–Crippen MR) is 83.7 cm³/mol. The molecule has 2 aromatic carbocycles. The molecule has 0 spiro atoms. The fraction of sp³-hybridized carbons (Fsp3) is 0.188. The van der Waals surface area contributed by atoms with Gasteiger partial charge >= 0.3 is 6.36 Å². The molecule has 0 heterocycles. The summed E-state index contributed by atoms with van der Waals surface area (Å²) in [5.74, 6) is -1.68. The van der Waals surface area contributed by atoms with E-state index in [0.717, 1.165) is 24.3 Å². The molecule has 26 heavy (non-hydrogen) atoms. The van der Waals surface area contributed by atoms with Crippen LogP contribution in [0.1, 0.15) is 12.0 Å². The highest BCUT2D eigenvalue weighted by molar-refractivity contribution is 7.92. The number of carboxylic acids is 1. The van der Waals surface area contributed by atoms with E-state index in [2.05, 4.69) is 9.46 Å². The number of anilines is 1. The van der Waals surface area contributed by atoms with Crippen LogP contribution in [0, 0.1) is 0 Å². The molecule has 0 aliphatic rings. The highest BCUT2D eigenvalue weighted by Gasteiger charge is 2.31. The smallest absolute Gasteiger partial charge is 0.550 e. The summed E-state index contributed by atoms with van der Waals surface area (Å²) < 4.78 is 66.7. The number of carboxylic acid groups (broad SMARTS) is 1. The molecular formula is C16H13F3NO5S-. The molecule has 0 radical (unpaired) electrons. The van der Waals surface area contributed by atoms with Crippen LogP contribution in [0.4, 0.5) is 18.9 Å². The molecule has 0 fully saturated rings. The van der Waals surface area contributed by atoms with Gasteiger partial charge in [-0.25, -0.2) is 8.42 Å². The highest BCUT2D eigenvalue weighted by atomic mass is 32.2. The molecule has 0 saturated heterocycles. The first-order valence-electron chi connectivity index (χ1n) is 7.22. The van der Waals surface area contributed by atoms with Crippen LogP contribution in [0.25, 0.3) is 0 Å². The number of hydrogen-bond donors (Lipinski definition) is 1. The van der Waals surface area contributed by atoms with E-state index in [1.165, 1.54) is 24.3 Å². The Morgan fingerprint density at radius 2 is 1.62 bits per heavy atom. The van der Waals surface area contributed by atoms with Crippen LogP contribution in [0.2, 0.25) is 0 Å². The Balaban J connectivity index is 2.07. The van der Waals surface area contributed by atoms with Gasteiger partial charge in [0.1, 0.15) is 5.75 Å². The van der Waals surface area contributed by atoms with Gasteiger partial charge < -0.3 is 14.6 Å². The fourth-order valence-electron chi connectivity index (χ4n) is 2.02. The maximum atomic E-state index is 12.3. The molecule has 0 aromatic heterocycles. The van der Waals surface area contributed by atoms with Crippen LogP contribution in [0.5, 0.6) is 5.75 Å². The quantitative estimate of drug-likeness (QED) is 0.784. The number of alkyl halides is 3. The minimum absolute atomic E-state index is 0.0561. The van der Waals surface area contributed by atoms with Crippen molar-refractivity contribution < 1.29 is 36.2 Å². The van der Waals surface area contributed by atoms with Crippen molar-refractivity contribution in [3.63, 3.8) is 0 Å². The summed E-state index contributed by atoms with van der Waals surface area (Å²) in [5, 5.41) is 10.4. The first-order valence-corrected chi connectivity index (χ1v) is 8.71. The molecule has 140 valence electrons. The Morgan fingerprint density at radius 1 is 1.04 bits per heavy atom. The summed E-state index contributed by atoms with van der Waals surface area (Å²) >= 11 is 0. The molecule has 0 bridgehead atoms. The van der Waals surface area contributed by atoms with Crippen LogP contribution < -0.4 is 14.6 Å². The number of halogens is 3. The number of aliphatic carboxylic acids is 1. The second-order valence-electron chi connectivity index (χ2n) is 5.19. The van der Waals surface area contributed by atoms with Crippen molar-refractivity contribution in [2.24, 2.45) is 0 Å². The largest absolute Gasteiger partial charge is 0.573 e. The van der Waals surface area contributed by atoms with Gasteiger partial charge in [-0.3, -0.25) is 4.72 Å². The number of rotatable bonds is 7. The third-order valence-corrected chi connectivity index (χ3v) is 4.59. The summed E-state index contributed by atoms with van der Waals surface area (Å²) in [6.45, 7) is 0. The summed E-state index contributed by atoms with van der Waals surface area (Å²) in [7, 11) is -3.95. The average molecular weight is 388 g/mol. The van der Waals surface area contributed by atoms with Crippen molar-refractivity contribution >= 4 is 21.7 Å². The molecular weight excluding hydrogens is 375 g/mol. The number of benzene rings is 2. The van der Waals surface area contributed by atoms with Gasteiger partial charge in [0, 0.05) is 11.7 Å². The lowest BCUT2D eigenvalue weighted by molar-refractivity contribution is -0.305. The minimum Gasteiger partial charge on any atom is -0.550 e. The van der Waals surface area contributed by atoms with E-state index >= 15 is 0 Å². The zero-order chi connectivity index (χ0) is 19.4. The third-order valence-electron chi connectivity index (χ3n) is 3.19. The van der Waals surface area contributed by atoms with Gasteiger partial charge in [0.2, 0.25) is 0 Å². The number of ether oxygens (including phenoxy) is 1. The fourth-order valence-corrected chi connectivity index (χ4v) is 3.08. The Hall–Kier alpha value is -2.75. The maximum absolute atomic E-state index is 12.3. The second kappa shape index (κ2) is 7.65. The topological polar surface area (TPSA) is 95.5 Å². The predicted octanol–water partition coefficient (Wildman–Crippen LogP) is 2.07. The molecule has 0 saturated carbocycles. The lowest BCUT2D eigenvalue weighted by Crippen LogP contribution is -2.22. The SMILES string of the molecule is O=C([O-])CCc1ccc(S(=O)(=O)Nc2ccc(OC(F)(F)F)cc2)cc1. The van der Waals surface area contributed by atoms with Crippen molar-refractivity contribution in [3.05, 3.63) is 54.1 Å². The summed E-state index contributed by atoms with van der Waals surface area (Å²) in [4.78, 5) is 10.3. The molecule has 6 nitrogen and oxygen atoms in total. The first-order chi connectivity index (χ1) is 12.0. The Morgan fingerprint density at radius 3 is 2.12 bits per heavy atom. The molecule has 0 aliphatic heterocycles. The molecule has 1 N–H and O–H groups in total. The molecule has 10 heteroatoms. The number of carbonyl (C=O) groups excluding carboxylic acids is 1. The van der Waals surface area contributed by atoms with E-state index in [1.807, 2.05) is 0 Å². The monoisotopic (exact) mass is 388 g/mol. The molecule has 2 rings (SSSR count). The van der Waals surface area contributed by atoms with Crippen molar-refractivity contribution in [1.82, 2.24) is 0 Å². The van der Waals surface area contributed by atoms with E-state index in [-0.39, 0.29) is 23.4 Å². The molecule has 0 aliphatic carbocycles. The van der Waals surface area contributed by atoms with E-state index in [0.29, 0.717) is 5.56 Å². The van der Waals surface area contributed by atoms with Crippen molar-refractivity contribution in [2.75, 3.05) is 4.72 Å². The van der Waals surface area contributed by atoms with Crippen LogP contribution >= 0.6 is 0 Å². The zero-order valence-corrected chi connectivity index (χ0v) is 13.9. The van der Waals surface area contributed by atoms with Gasteiger partial charge in [-0.1, -0.05) is 12.1 Å². The van der Waals surface area contributed by atoms with E-state index in [1.54, 1.807) is 0 Å². The van der Waals surface area contributed by atoms with Gasteiger partial charge in [0.25, 0.3) is 10.0 Å². The average Bonchev–Trinajstić information content (AvgIpc) is 2.53. The van der Waals surface area contributed by atoms with Crippen LogP contribution in [-0.2, 0) is 21.2 Å². The highest BCUT2D eigenvalue weighted by Crippen LogP contribution is 2.25. The molecule has 0 amide bonds. The number of hydrogen-bond acceptors (Lipinski definition) is 5. The Labute approximate surface area is 147 Å². The van der Waals surface area contributed by atoms with E-state index < -0.39 is 28.1 Å². The number of nitrogens with one attached hydrogen (secondary N) is 1. The van der Waals surface area contributed by atoms with Gasteiger partial charge in [-0.05, 0) is 54.8 Å². The van der Waals surface area contributed by atoms with E-state index in [4.69, 9.17) is 0 Å². The van der Waals surface area contributed by atoms with Gasteiger partial charge in [-0.15, -0.1) is 13.2 Å². The second-order valence-corrected chi connectivity index (χ2v) is 6.88. The van der Waals surface area contributed by atoms with Crippen molar-refractivity contribution in [1.29, 1.82) is 0 Å². The Bertz CT molecular complexity index is 862. The zero-order valence-electron chi connectivity index (χ0n) is 13.1. The van der Waals surface area contributed by atoms with Gasteiger partial charge in [0.15, 0.2) is 0 Å². The maximum Gasteiger partial charge on any atom is 0.573 e. The number of aryl methyl sites for hydroxylation is 1. The van der Waals surface area contributed by atoms with Crippen molar-refractivity contribution in [3.8, 4) is 5.75 Å². The molecule has 0 atom stereocenters. The van der Waals surface area contributed by atoms with Crippen LogP contribution in [0.15, 0.2) is 53.4 Å². The van der Waals surface area contributed by atoms with E-state index in [9.17, 15) is 31.5 Å². The molecule has 0 unspecified atom stereocenters. The minimum atomic E-state index is -4.83. The molecule has 2 aromatic rings.